The summed E-state index contributed by atoms with van der Waals surface area (Å²) in [6.45, 7) is 3.59. The Hall–Kier alpha value is -2.54. The maximum atomic E-state index is 13.1. The summed E-state index contributed by atoms with van der Waals surface area (Å²) >= 11 is 0. The number of para-hydroxylation sites is 1. The molecule has 1 fully saturated rings. The topological polar surface area (TPSA) is 75.7 Å². The van der Waals surface area contributed by atoms with Crippen LogP contribution in [0.15, 0.2) is 48.5 Å². The van der Waals surface area contributed by atoms with E-state index < -0.39 is 20.7 Å². The fraction of sp³-hybridized carbons (Fsp3) is 0.316. The van der Waals surface area contributed by atoms with Gasteiger partial charge in [0.15, 0.2) is 4.75 Å². The van der Waals surface area contributed by atoms with Crippen molar-refractivity contribution in [2.24, 2.45) is 0 Å². The van der Waals surface area contributed by atoms with E-state index in [2.05, 4.69) is 5.32 Å². The van der Waals surface area contributed by atoms with Gasteiger partial charge in [-0.2, -0.15) is 0 Å². The number of carbonyl (C=O) groups excluding carboxylic acids is 1. The second-order valence-electron chi connectivity index (χ2n) is 6.53. The number of benzene rings is 2. The number of amides is 1. The van der Waals surface area contributed by atoms with Crippen LogP contribution in [0.1, 0.15) is 18.9 Å². The summed E-state index contributed by atoms with van der Waals surface area (Å²) in [5.41, 5.74) is 1.95. The molecule has 1 atom stereocenters. The van der Waals surface area contributed by atoms with E-state index in [0.717, 1.165) is 5.56 Å². The Labute approximate surface area is 153 Å². The van der Waals surface area contributed by atoms with Crippen molar-refractivity contribution in [3.8, 4) is 5.75 Å². The molecule has 7 heteroatoms. The van der Waals surface area contributed by atoms with Crippen LogP contribution in [0.5, 0.6) is 5.75 Å². The third kappa shape index (κ3) is 2.92. The number of rotatable bonds is 4. The minimum Gasteiger partial charge on any atom is -0.497 e. The highest BCUT2D eigenvalue weighted by Crippen LogP contribution is 2.37. The third-order valence-electron chi connectivity index (χ3n) is 4.86. The standard InChI is InChI=1S/C19H22N2O4S/c1-14-13-16(25-3)9-10-17(14)20-18(22)19(2)11-12-21(26(19,23)24)15-7-5-4-6-8-15/h4-10,13H,11-12H2,1-3H3,(H,20,22)/t19-/m0/s1. The lowest BCUT2D eigenvalue weighted by atomic mass is 10.1. The first-order valence-corrected chi connectivity index (χ1v) is 9.77. The lowest BCUT2D eigenvalue weighted by Crippen LogP contribution is -2.47. The van der Waals surface area contributed by atoms with Gasteiger partial charge in [0.25, 0.3) is 0 Å². The van der Waals surface area contributed by atoms with Gasteiger partial charge in [-0.1, -0.05) is 18.2 Å². The van der Waals surface area contributed by atoms with Gasteiger partial charge in [0.1, 0.15) is 5.75 Å². The van der Waals surface area contributed by atoms with Gasteiger partial charge < -0.3 is 10.1 Å². The molecule has 2 aromatic rings. The maximum absolute atomic E-state index is 13.1. The average molecular weight is 374 g/mol. The zero-order valence-electron chi connectivity index (χ0n) is 15.0. The van der Waals surface area contributed by atoms with E-state index in [-0.39, 0.29) is 13.0 Å². The Kier molecular flexibility index (Phi) is 4.66. The van der Waals surface area contributed by atoms with E-state index in [0.29, 0.717) is 17.1 Å². The van der Waals surface area contributed by atoms with Crippen molar-refractivity contribution >= 4 is 27.3 Å². The molecule has 1 aliphatic rings. The first kappa shape index (κ1) is 18.3. The summed E-state index contributed by atoms with van der Waals surface area (Å²) < 4.78 is 31.1. The van der Waals surface area contributed by atoms with Crippen LogP contribution in [0.3, 0.4) is 0 Å². The van der Waals surface area contributed by atoms with Gasteiger partial charge in [-0.15, -0.1) is 0 Å². The highest BCUT2D eigenvalue weighted by Gasteiger charge is 2.54. The van der Waals surface area contributed by atoms with Gasteiger partial charge >= 0.3 is 0 Å². The van der Waals surface area contributed by atoms with Crippen LogP contribution < -0.4 is 14.4 Å². The van der Waals surface area contributed by atoms with Crippen LogP contribution in [-0.2, 0) is 14.8 Å². The number of hydrogen-bond acceptors (Lipinski definition) is 4. The van der Waals surface area contributed by atoms with Crippen LogP contribution in [0.25, 0.3) is 0 Å². The molecule has 138 valence electrons. The summed E-state index contributed by atoms with van der Waals surface area (Å²) in [6, 6.07) is 14.1. The van der Waals surface area contributed by atoms with Crippen molar-refractivity contribution in [1.82, 2.24) is 0 Å². The normalized spacial score (nSPS) is 21.4. The van der Waals surface area contributed by atoms with Gasteiger partial charge in [0.2, 0.25) is 15.9 Å². The second kappa shape index (κ2) is 6.64. The van der Waals surface area contributed by atoms with Crippen molar-refractivity contribution in [1.29, 1.82) is 0 Å². The molecule has 26 heavy (non-hydrogen) atoms. The van der Waals surface area contributed by atoms with Gasteiger partial charge in [-0.25, -0.2) is 8.42 Å². The molecule has 0 bridgehead atoms. The Morgan fingerprint density at radius 2 is 1.88 bits per heavy atom. The summed E-state index contributed by atoms with van der Waals surface area (Å²) in [6.07, 6.45) is 0.227. The fourth-order valence-electron chi connectivity index (χ4n) is 3.06. The van der Waals surface area contributed by atoms with Crippen LogP contribution in [0.4, 0.5) is 11.4 Å². The van der Waals surface area contributed by atoms with E-state index in [1.807, 2.05) is 13.0 Å². The van der Waals surface area contributed by atoms with Crippen molar-refractivity contribution in [3.63, 3.8) is 0 Å². The van der Waals surface area contributed by atoms with Crippen molar-refractivity contribution < 1.29 is 17.9 Å². The number of carbonyl (C=O) groups is 1. The number of sulfonamides is 1. The van der Waals surface area contributed by atoms with E-state index >= 15 is 0 Å². The largest absolute Gasteiger partial charge is 0.497 e. The van der Waals surface area contributed by atoms with Crippen LogP contribution in [0, 0.1) is 6.92 Å². The summed E-state index contributed by atoms with van der Waals surface area (Å²) in [4.78, 5) is 12.9. The minimum absolute atomic E-state index is 0.227. The zero-order valence-corrected chi connectivity index (χ0v) is 15.8. The molecular weight excluding hydrogens is 352 g/mol. The second-order valence-corrected chi connectivity index (χ2v) is 8.82. The van der Waals surface area contributed by atoms with Gasteiger partial charge in [-0.05, 0) is 56.2 Å². The van der Waals surface area contributed by atoms with E-state index in [9.17, 15) is 13.2 Å². The third-order valence-corrected chi connectivity index (χ3v) is 7.36. The van der Waals surface area contributed by atoms with Gasteiger partial charge in [0.05, 0.1) is 12.8 Å². The van der Waals surface area contributed by atoms with Crippen molar-refractivity contribution in [2.75, 3.05) is 23.3 Å². The Morgan fingerprint density at radius 1 is 1.19 bits per heavy atom. The molecule has 6 nitrogen and oxygen atoms in total. The monoisotopic (exact) mass is 374 g/mol. The molecule has 1 aliphatic heterocycles. The smallest absolute Gasteiger partial charge is 0.249 e. The lowest BCUT2D eigenvalue weighted by Gasteiger charge is -2.25. The first-order chi connectivity index (χ1) is 12.3. The SMILES string of the molecule is COc1ccc(NC(=O)[C@]2(C)CCN(c3ccccc3)S2(=O)=O)c(C)c1. The van der Waals surface area contributed by atoms with Crippen molar-refractivity contribution in [3.05, 3.63) is 54.1 Å². The molecule has 0 unspecified atom stereocenters. The molecule has 1 saturated heterocycles. The highest BCUT2D eigenvalue weighted by atomic mass is 32.2. The number of ether oxygens (including phenoxy) is 1. The molecule has 0 aliphatic carbocycles. The number of methoxy groups -OCH3 is 1. The van der Waals surface area contributed by atoms with Gasteiger partial charge in [-0.3, -0.25) is 9.10 Å². The number of nitrogens with zero attached hydrogens (tertiary/aromatic N) is 1. The predicted octanol–water partition coefficient (Wildman–Crippen LogP) is 2.94. The van der Waals surface area contributed by atoms with E-state index in [4.69, 9.17) is 4.74 Å². The number of hydrogen-bond donors (Lipinski definition) is 1. The number of aryl methyl sites for hydroxylation is 1. The molecular formula is C19H22N2O4S. The Morgan fingerprint density at radius 3 is 2.50 bits per heavy atom. The average Bonchev–Trinajstić information content (AvgIpc) is 2.88. The molecule has 1 amide bonds. The molecule has 1 N–H and O–H groups in total. The lowest BCUT2D eigenvalue weighted by molar-refractivity contribution is -0.118. The fourth-order valence-corrected chi connectivity index (χ4v) is 4.91. The molecule has 0 aromatic heterocycles. The van der Waals surface area contributed by atoms with Crippen LogP contribution in [-0.4, -0.2) is 32.7 Å². The highest BCUT2D eigenvalue weighted by molar-refractivity contribution is 7.95. The zero-order chi connectivity index (χ0) is 18.9. The molecule has 2 aromatic carbocycles. The minimum atomic E-state index is -3.83. The summed E-state index contributed by atoms with van der Waals surface area (Å²) in [5, 5.41) is 2.77. The van der Waals surface area contributed by atoms with Crippen molar-refractivity contribution in [2.45, 2.75) is 25.0 Å². The Bertz CT molecular complexity index is 928. The summed E-state index contributed by atoms with van der Waals surface area (Å²) in [5.74, 6) is 0.152. The first-order valence-electron chi connectivity index (χ1n) is 8.33. The molecule has 0 saturated carbocycles. The quantitative estimate of drug-likeness (QED) is 0.893. The van der Waals surface area contributed by atoms with Crippen LogP contribution >= 0.6 is 0 Å². The molecule has 0 radical (unpaired) electrons. The van der Waals surface area contributed by atoms with Crippen LogP contribution in [0.2, 0.25) is 0 Å². The molecule has 3 rings (SSSR count). The van der Waals surface area contributed by atoms with Gasteiger partial charge in [0, 0.05) is 12.2 Å². The number of anilines is 2. The predicted molar refractivity (Wildman–Crippen MR) is 102 cm³/mol. The van der Waals surface area contributed by atoms with E-state index in [1.54, 1.807) is 49.6 Å². The van der Waals surface area contributed by atoms with E-state index in [1.165, 1.54) is 11.2 Å². The Balaban J connectivity index is 1.87. The maximum Gasteiger partial charge on any atom is 0.249 e. The number of nitrogens with one attached hydrogen (secondary N) is 1. The molecule has 0 spiro atoms. The summed E-state index contributed by atoms with van der Waals surface area (Å²) in [7, 11) is -2.26. The molecule has 1 heterocycles.